The van der Waals surface area contributed by atoms with Gasteiger partial charge in [0.05, 0.1) is 7.76 Å². The number of carbonyl (C=O) groups is 1. The molecule has 0 aliphatic rings. The number of rotatable bonds is 2. The monoisotopic (exact) mass is 412 g/mol. The van der Waals surface area contributed by atoms with Gasteiger partial charge in [-0.25, -0.2) is 0 Å². The molecule has 2 rings (SSSR count). The van der Waals surface area contributed by atoms with E-state index in [9.17, 15) is 4.79 Å². The van der Waals surface area contributed by atoms with Crippen LogP contribution in [0.4, 0.5) is 0 Å². The minimum Gasteiger partial charge on any atom is -0.288 e. The third-order valence-corrected chi connectivity index (χ3v) is 5.57. The summed E-state index contributed by atoms with van der Waals surface area (Å²) < 4.78 is 2.04. The molecule has 2 heterocycles. The van der Waals surface area contributed by atoms with E-state index >= 15 is 0 Å². The number of hydrogen-bond acceptors (Lipinski definition) is 3. The molecule has 1 nitrogen and oxygen atoms in total. The van der Waals surface area contributed by atoms with Crippen LogP contribution < -0.4 is 0 Å². The van der Waals surface area contributed by atoms with Gasteiger partial charge in [-0.05, 0) is 57.6 Å². The van der Waals surface area contributed by atoms with Crippen LogP contribution in [0.3, 0.4) is 0 Å². The SMILES string of the molecule is Cc1cc(Br)c(C(=O)c2csc(I)c2)s1. The third kappa shape index (κ3) is 2.51. The zero-order valence-electron chi connectivity index (χ0n) is 7.71. The van der Waals surface area contributed by atoms with Crippen molar-refractivity contribution in [1.29, 1.82) is 0 Å². The first kappa shape index (κ1) is 11.8. The molecule has 0 spiro atoms. The Balaban J connectivity index is 2.40. The average molecular weight is 413 g/mol. The summed E-state index contributed by atoms with van der Waals surface area (Å²) in [5, 5.41) is 1.91. The van der Waals surface area contributed by atoms with Crippen molar-refractivity contribution in [1.82, 2.24) is 0 Å². The lowest BCUT2D eigenvalue weighted by molar-refractivity contribution is 0.104. The van der Waals surface area contributed by atoms with Gasteiger partial charge < -0.3 is 0 Å². The van der Waals surface area contributed by atoms with E-state index in [1.807, 2.05) is 24.4 Å². The maximum absolute atomic E-state index is 12.1. The smallest absolute Gasteiger partial charge is 0.204 e. The first-order valence-corrected chi connectivity index (χ1v) is 7.69. The quantitative estimate of drug-likeness (QED) is 0.515. The summed E-state index contributed by atoms with van der Waals surface area (Å²) in [6.45, 7) is 2.00. The first-order valence-electron chi connectivity index (χ1n) is 4.12. The van der Waals surface area contributed by atoms with Crippen LogP contribution in [0.2, 0.25) is 0 Å². The van der Waals surface area contributed by atoms with Gasteiger partial charge in [-0.3, -0.25) is 4.79 Å². The molecule has 0 saturated heterocycles. The minimum absolute atomic E-state index is 0.110. The molecule has 0 atom stereocenters. The van der Waals surface area contributed by atoms with E-state index in [-0.39, 0.29) is 5.78 Å². The topological polar surface area (TPSA) is 17.1 Å². The molecule has 0 saturated carbocycles. The van der Waals surface area contributed by atoms with Crippen molar-refractivity contribution in [2.24, 2.45) is 0 Å². The molecule has 0 fully saturated rings. The number of aryl methyl sites for hydroxylation is 1. The van der Waals surface area contributed by atoms with Crippen molar-refractivity contribution in [3.63, 3.8) is 0 Å². The lowest BCUT2D eigenvalue weighted by Gasteiger charge is -1.93. The molecule has 0 unspecified atom stereocenters. The largest absolute Gasteiger partial charge is 0.288 e. The fraction of sp³-hybridized carbons (Fsp3) is 0.100. The Bertz CT molecular complexity index is 515. The Morgan fingerprint density at radius 3 is 2.67 bits per heavy atom. The second-order valence-corrected chi connectivity index (χ2v) is 7.92. The van der Waals surface area contributed by atoms with E-state index < -0.39 is 0 Å². The molecule has 0 N–H and O–H groups in total. The number of halogens is 2. The van der Waals surface area contributed by atoms with Gasteiger partial charge in [0.15, 0.2) is 0 Å². The minimum atomic E-state index is 0.110. The van der Waals surface area contributed by atoms with Crippen molar-refractivity contribution in [2.45, 2.75) is 6.92 Å². The molecule has 0 aromatic carbocycles. The predicted octanol–water partition coefficient (Wildman–Crippen LogP) is 4.72. The van der Waals surface area contributed by atoms with Gasteiger partial charge in [0, 0.05) is 20.3 Å². The van der Waals surface area contributed by atoms with Gasteiger partial charge in [0.2, 0.25) is 5.78 Å². The van der Waals surface area contributed by atoms with Gasteiger partial charge in [0.1, 0.15) is 0 Å². The van der Waals surface area contributed by atoms with Gasteiger partial charge in [0.25, 0.3) is 0 Å². The van der Waals surface area contributed by atoms with Crippen LogP contribution in [-0.2, 0) is 0 Å². The lowest BCUT2D eigenvalue weighted by Crippen LogP contribution is -1.96. The second-order valence-electron chi connectivity index (χ2n) is 3.00. The summed E-state index contributed by atoms with van der Waals surface area (Å²) in [6.07, 6.45) is 0. The van der Waals surface area contributed by atoms with Crippen molar-refractivity contribution >= 4 is 67.0 Å². The van der Waals surface area contributed by atoms with E-state index in [0.29, 0.717) is 0 Å². The fourth-order valence-electron chi connectivity index (χ4n) is 1.20. The molecule has 15 heavy (non-hydrogen) atoms. The van der Waals surface area contributed by atoms with Crippen molar-refractivity contribution in [2.75, 3.05) is 0 Å². The highest BCUT2D eigenvalue weighted by Crippen LogP contribution is 2.30. The predicted molar refractivity (Wildman–Crippen MR) is 77.2 cm³/mol. The molecule has 2 aromatic heterocycles. The van der Waals surface area contributed by atoms with Crippen LogP contribution >= 0.6 is 61.2 Å². The standard InChI is InChI=1S/C10H6BrIOS2/c1-5-2-7(11)10(15-5)9(13)6-3-8(12)14-4-6/h2-4H,1H3. The summed E-state index contributed by atoms with van der Waals surface area (Å²) in [7, 11) is 0. The van der Waals surface area contributed by atoms with Crippen LogP contribution in [0.5, 0.6) is 0 Å². The zero-order valence-corrected chi connectivity index (χ0v) is 13.1. The highest BCUT2D eigenvalue weighted by Gasteiger charge is 2.16. The molecule has 0 amide bonds. The molecule has 0 bridgehead atoms. The van der Waals surface area contributed by atoms with E-state index in [0.717, 1.165) is 22.7 Å². The maximum Gasteiger partial charge on any atom is 0.204 e. The molecule has 0 aliphatic heterocycles. The van der Waals surface area contributed by atoms with Gasteiger partial charge in [-0.1, -0.05) is 0 Å². The van der Waals surface area contributed by atoms with Crippen LogP contribution in [0, 0.1) is 9.81 Å². The van der Waals surface area contributed by atoms with Gasteiger partial charge >= 0.3 is 0 Å². The van der Waals surface area contributed by atoms with Crippen molar-refractivity contribution in [3.8, 4) is 0 Å². The lowest BCUT2D eigenvalue weighted by atomic mass is 10.2. The van der Waals surface area contributed by atoms with E-state index in [2.05, 4.69) is 38.5 Å². The van der Waals surface area contributed by atoms with Crippen LogP contribution in [-0.4, -0.2) is 5.78 Å². The Labute approximate surface area is 118 Å². The summed E-state index contributed by atoms with van der Waals surface area (Å²) in [4.78, 5) is 14.0. The summed E-state index contributed by atoms with van der Waals surface area (Å²) in [5.74, 6) is 0.110. The van der Waals surface area contributed by atoms with Crippen molar-refractivity contribution in [3.05, 3.63) is 40.2 Å². The molecule has 5 heteroatoms. The Kier molecular flexibility index (Phi) is 3.64. The van der Waals surface area contributed by atoms with Crippen LogP contribution in [0.25, 0.3) is 0 Å². The molecule has 78 valence electrons. The normalized spacial score (nSPS) is 10.6. The second kappa shape index (κ2) is 4.65. The zero-order chi connectivity index (χ0) is 11.0. The van der Waals surface area contributed by atoms with E-state index in [1.165, 1.54) is 11.3 Å². The highest BCUT2D eigenvalue weighted by atomic mass is 127. The summed E-state index contributed by atoms with van der Waals surface area (Å²) >= 11 is 8.77. The number of thiophene rings is 2. The van der Waals surface area contributed by atoms with Gasteiger partial charge in [-0.2, -0.15) is 0 Å². The number of carbonyl (C=O) groups excluding carboxylic acids is 1. The maximum atomic E-state index is 12.1. The first-order chi connectivity index (χ1) is 7.08. The van der Waals surface area contributed by atoms with Gasteiger partial charge in [-0.15, -0.1) is 22.7 Å². The Morgan fingerprint density at radius 2 is 2.20 bits per heavy atom. The van der Waals surface area contributed by atoms with Crippen LogP contribution in [0.15, 0.2) is 22.0 Å². The molecular weight excluding hydrogens is 407 g/mol. The van der Waals surface area contributed by atoms with Crippen LogP contribution in [0.1, 0.15) is 20.1 Å². The average Bonchev–Trinajstić information content (AvgIpc) is 2.71. The molecule has 0 radical (unpaired) electrons. The molecule has 0 aliphatic carbocycles. The summed E-state index contributed by atoms with van der Waals surface area (Å²) in [5.41, 5.74) is 0.784. The van der Waals surface area contributed by atoms with E-state index in [1.54, 1.807) is 11.3 Å². The fourth-order valence-corrected chi connectivity index (χ4v) is 4.31. The molecule has 2 aromatic rings. The Morgan fingerprint density at radius 1 is 1.47 bits per heavy atom. The third-order valence-electron chi connectivity index (χ3n) is 1.85. The Hall–Kier alpha value is 0.280. The summed E-state index contributed by atoms with van der Waals surface area (Å²) in [6, 6.07) is 3.91. The van der Waals surface area contributed by atoms with E-state index in [4.69, 9.17) is 0 Å². The van der Waals surface area contributed by atoms with Crippen molar-refractivity contribution < 1.29 is 4.79 Å². The molecular formula is C10H6BrIOS2. The number of hydrogen-bond donors (Lipinski definition) is 0. The number of ketones is 1. The highest BCUT2D eigenvalue weighted by molar-refractivity contribution is 14.1.